The summed E-state index contributed by atoms with van der Waals surface area (Å²) in [5.74, 6) is 4.05. The van der Waals surface area contributed by atoms with Gasteiger partial charge in [-0.25, -0.2) is 0 Å². The second kappa shape index (κ2) is 7.92. The Morgan fingerprint density at radius 3 is 2.04 bits per heavy atom. The van der Waals surface area contributed by atoms with Crippen molar-refractivity contribution in [3.8, 4) is 11.8 Å². The third-order valence-corrected chi connectivity index (χ3v) is 3.61. The summed E-state index contributed by atoms with van der Waals surface area (Å²) in [6.07, 6.45) is -10.1. The number of benzene rings is 2. The molecule has 2 rings (SSSR count). The summed E-state index contributed by atoms with van der Waals surface area (Å²) in [5.41, 5.74) is -3.43. The molecule has 0 saturated heterocycles. The van der Waals surface area contributed by atoms with E-state index >= 15 is 0 Å². The Bertz CT molecular complexity index is 876. The summed E-state index contributed by atoms with van der Waals surface area (Å²) in [5, 5.41) is 2.52. The van der Waals surface area contributed by atoms with E-state index < -0.39 is 35.0 Å². The van der Waals surface area contributed by atoms with Crippen molar-refractivity contribution in [1.82, 2.24) is 5.32 Å². The molecule has 2 aromatic carbocycles. The summed E-state index contributed by atoms with van der Waals surface area (Å²) in [6, 6.07) is 7.22. The second-order valence-corrected chi connectivity index (χ2v) is 5.67. The molecule has 1 N–H and O–H groups in total. The number of amides is 1. The number of hydrogen-bond donors (Lipinski definition) is 1. The molecular weight excluding hydrogens is 396 g/mol. The lowest BCUT2D eigenvalue weighted by atomic mass is 10.0. The van der Waals surface area contributed by atoms with Crippen LogP contribution in [0.3, 0.4) is 0 Å². The van der Waals surface area contributed by atoms with E-state index in [4.69, 9.17) is 11.6 Å². The maximum absolute atomic E-state index is 12.8. The molecular formula is C18H10ClF6NO. The summed E-state index contributed by atoms with van der Waals surface area (Å²) in [7, 11) is 0. The van der Waals surface area contributed by atoms with E-state index in [2.05, 4.69) is 17.2 Å². The van der Waals surface area contributed by atoms with Gasteiger partial charge in [0.25, 0.3) is 5.91 Å². The topological polar surface area (TPSA) is 29.1 Å². The summed E-state index contributed by atoms with van der Waals surface area (Å²) < 4.78 is 76.8. The number of carbonyl (C=O) groups is 1. The smallest absolute Gasteiger partial charge is 0.341 e. The van der Waals surface area contributed by atoms with Crippen LogP contribution >= 0.6 is 11.6 Å². The van der Waals surface area contributed by atoms with Crippen LogP contribution in [0.25, 0.3) is 0 Å². The molecule has 0 aliphatic carbocycles. The van der Waals surface area contributed by atoms with E-state index in [1.54, 1.807) is 24.3 Å². The highest BCUT2D eigenvalue weighted by molar-refractivity contribution is 6.31. The number of carbonyl (C=O) groups excluding carboxylic acids is 1. The molecule has 0 spiro atoms. The molecule has 1 amide bonds. The van der Waals surface area contributed by atoms with E-state index in [9.17, 15) is 31.1 Å². The Morgan fingerprint density at radius 2 is 1.52 bits per heavy atom. The Morgan fingerprint density at radius 1 is 0.963 bits per heavy atom. The quantitative estimate of drug-likeness (QED) is 0.543. The highest BCUT2D eigenvalue weighted by atomic mass is 35.5. The SMILES string of the molecule is O=C(NCC#Cc1ccccc1Cl)c1cc(C(F)(F)F)cc(C(F)(F)F)c1. The van der Waals surface area contributed by atoms with E-state index in [1.165, 1.54) is 0 Å². The van der Waals surface area contributed by atoms with Crippen LogP contribution in [-0.2, 0) is 12.4 Å². The van der Waals surface area contributed by atoms with Gasteiger partial charge in [-0.05, 0) is 30.3 Å². The second-order valence-electron chi connectivity index (χ2n) is 5.26. The van der Waals surface area contributed by atoms with Crippen LogP contribution in [0.1, 0.15) is 27.0 Å². The molecule has 27 heavy (non-hydrogen) atoms. The lowest BCUT2D eigenvalue weighted by Gasteiger charge is -2.13. The van der Waals surface area contributed by atoms with E-state index in [0.717, 1.165) is 0 Å². The number of hydrogen-bond acceptors (Lipinski definition) is 1. The summed E-state index contributed by atoms with van der Waals surface area (Å²) >= 11 is 5.88. The Balaban J connectivity index is 2.20. The van der Waals surface area contributed by atoms with Crippen LogP contribution in [-0.4, -0.2) is 12.5 Å². The first-order chi connectivity index (χ1) is 12.5. The Hall–Kier alpha value is -2.66. The van der Waals surface area contributed by atoms with Crippen LogP contribution in [0.15, 0.2) is 42.5 Å². The van der Waals surface area contributed by atoms with Gasteiger partial charge in [-0.2, -0.15) is 26.3 Å². The number of alkyl halides is 6. The maximum atomic E-state index is 12.8. The van der Waals surface area contributed by atoms with Crippen molar-refractivity contribution in [2.75, 3.05) is 6.54 Å². The van der Waals surface area contributed by atoms with Gasteiger partial charge in [0, 0.05) is 11.1 Å². The third-order valence-electron chi connectivity index (χ3n) is 3.28. The largest absolute Gasteiger partial charge is 0.416 e. The third kappa shape index (κ3) is 5.66. The standard InChI is InChI=1S/C18H10ClF6NO/c19-15-6-2-1-4-11(15)5-3-7-26-16(27)12-8-13(17(20,21)22)10-14(9-12)18(23,24)25/h1-2,4,6,8-10H,7H2,(H,26,27). The molecule has 2 aromatic rings. The van der Waals surface area contributed by atoms with E-state index in [1.807, 2.05) is 0 Å². The van der Waals surface area contributed by atoms with Gasteiger partial charge in [-0.3, -0.25) is 4.79 Å². The first kappa shape index (κ1) is 20.6. The average Bonchev–Trinajstić information content (AvgIpc) is 2.58. The van der Waals surface area contributed by atoms with Gasteiger partial charge in [0.1, 0.15) is 0 Å². The van der Waals surface area contributed by atoms with E-state index in [0.29, 0.717) is 22.7 Å². The zero-order valence-electron chi connectivity index (χ0n) is 13.3. The molecule has 0 aliphatic rings. The monoisotopic (exact) mass is 405 g/mol. The maximum Gasteiger partial charge on any atom is 0.416 e. The van der Waals surface area contributed by atoms with Crippen LogP contribution in [0.4, 0.5) is 26.3 Å². The minimum absolute atomic E-state index is 0.0476. The van der Waals surface area contributed by atoms with Gasteiger partial charge >= 0.3 is 12.4 Å². The summed E-state index contributed by atoms with van der Waals surface area (Å²) in [4.78, 5) is 11.9. The Kier molecular flexibility index (Phi) is 6.06. The molecule has 0 saturated carbocycles. The lowest BCUT2D eigenvalue weighted by Crippen LogP contribution is -2.25. The minimum atomic E-state index is -5.03. The van der Waals surface area contributed by atoms with Gasteiger partial charge < -0.3 is 5.32 Å². The molecule has 2 nitrogen and oxygen atoms in total. The number of rotatable bonds is 2. The van der Waals surface area contributed by atoms with Gasteiger partial charge in [-0.1, -0.05) is 35.6 Å². The fourth-order valence-electron chi connectivity index (χ4n) is 2.01. The van der Waals surface area contributed by atoms with Crippen molar-refractivity contribution in [2.45, 2.75) is 12.4 Å². The lowest BCUT2D eigenvalue weighted by molar-refractivity contribution is -0.143. The fourth-order valence-corrected chi connectivity index (χ4v) is 2.20. The molecule has 0 fully saturated rings. The van der Waals surface area contributed by atoms with Crippen molar-refractivity contribution in [3.05, 3.63) is 69.7 Å². The van der Waals surface area contributed by atoms with Gasteiger partial charge in [0.05, 0.1) is 22.7 Å². The first-order valence-corrected chi connectivity index (χ1v) is 7.67. The molecule has 0 radical (unpaired) electrons. The number of halogens is 7. The minimum Gasteiger partial charge on any atom is -0.341 e. The molecule has 0 aromatic heterocycles. The normalized spacial score (nSPS) is 11.5. The number of nitrogens with one attached hydrogen (secondary N) is 1. The van der Waals surface area contributed by atoms with Crippen molar-refractivity contribution in [2.24, 2.45) is 0 Å². The molecule has 9 heteroatoms. The zero-order valence-corrected chi connectivity index (χ0v) is 14.1. The van der Waals surface area contributed by atoms with Crippen LogP contribution in [0, 0.1) is 11.8 Å². The highest BCUT2D eigenvalue weighted by Gasteiger charge is 2.37. The van der Waals surface area contributed by atoms with Gasteiger partial charge in [0.15, 0.2) is 0 Å². The first-order valence-electron chi connectivity index (χ1n) is 7.29. The van der Waals surface area contributed by atoms with Gasteiger partial charge in [-0.15, -0.1) is 0 Å². The molecule has 0 bridgehead atoms. The molecule has 142 valence electrons. The summed E-state index contributed by atoms with van der Waals surface area (Å²) in [6.45, 7) is -0.290. The Labute approximate surface area is 155 Å². The van der Waals surface area contributed by atoms with Crippen molar-refractivity contribution >= 4 is 17.5 Å². The van der Waals surface area contributed by atoms with Crippen molar-refractivity contribution in [3.63, 3.8) is 0 Å². The molecule has 0 aliphatic heterocycles. The zero-order chi connectivity index (χ0) is 20.2. The van der Waals surface area contributed by atoms with Crippen molar-refractivity contribution < 1.29 is 31.1 Å². The predicted molar refractivity (Wildman–Crippen MR) is 87.1 cm³/mol. The van der Waals surface area contributed by atoms with Crippen molar-refractivity contribution in [1.29, 1.82) is 0 Å². The van der Waals surface area contributed by atoms with Crippen LogP contribution in [0.5, 0.6) is 0 Å². The fraction of sp³-hybridized carbons (Fsp3) is 0.167. The van der Waals surface area contributed by atoms with E-state index in [-0.39, 0.29) is 12.6 Å². The molecule has 0 heterocycles. The van der Waals surface area contributed by atoms with Gasteiger partial charge in [0.2, 0.25) is 0 Å². The molecule has 0 unspecified atom stereocenters. The average molecular weight is 406 g/mol. The van der Waals surface area contributed by atoms with Crippen LogP contribution < -0.4 is 5.32 Å². The molecule has 0 atom stereocenters. The highest BCUT2D eigenvalue weighted by Crippen LogP contribution is 2.36. The van der Waals surface area contributed by atoms with Crippen LogP contribution in [0.2, 0.25) is 5.02 Å². The predicted octanol–water partition coefficient (Wildman–Crippen LogP) is 5.16.